The van der Waals surface area contributed by atoms with Gasteiger partial charge in [-0.15, -0.1) is 0 Å². The number of rotatable bonds is 63. The zero-order chi connectivity index (χ0) is 59.2. The van der Waals surface area contributed by atoms with E-state index in [2.05, 4.69) is 130 Å². The highest BCUT2D eigenvalue weighted by atomic mass is 16.6. The molecule has 0 aliphatic carbocycles. The van der Waals surface area contributed by atoms with Gasteiger partial charge in [-0.1, -0.05) is 304 Å². The number of esters is 3. The van der Waals surface area contributed by atoms with E-state index in [1.807, 2.05) is 0 Å². The second-order valence-corrected chi connectivity index (χ2v) is 23.1. The van der Waals surface area contributed by atoms with Gasteiger partial charge in [-0.3, -0.25) is 14.4 Å². The van der Waals surface area contributed by atoms with Crippen molar-refractivity contribution in [3.05, 3.63) is 109 Å². The van der Waals surface area contributed by atoms with Gasteiger partial charge in [0.15, 0.2) is 6.10 Å². The average Bonchev–Trinajstić information content (AvgIpc) is 3.48. The topological polar surface area (TPSA) is 78.9 Å². The van der Waals surface area contributed by atoms with Gasteiger partial charge in [0.05, 0.1) is 0 Å². The maximum atomic E-state index is 12.9. The van der Waals surface area contributed by atoms with E-state index in [0.717, 1.165) is 103 Å². The molecule has 82 heavy (non-hydrogen) atoms. The lowest BCUT2D eigenvalue weighted by Crippen LogP contribution is -2.30. The number of hydrogen-bond acceptors (Lipinski definition) is 6. The number of allylic oxidation sites excluding steroid dienone is 18. The maximum absolute atomic E-state index is 12.9. The van der Waals surface area contributed by atoms with E-state index < -0.39 is 6.10 Å². The first-order chi connectivity index (χ1) is 40.5. The van der Waals surface area contributed by atoms with Crippen molar-refractivity contribution in [1.29, 1.82) is 0 Å². The van der Waals surface area contributed by atoms with Crippen LogP contribution in [0, 0.1) is 0 Å². The summed E-state index contributed by atoms with van der Waals surface area (Å²) in [6, 6.07) is 0. The number of ether oxygens (including phenoxy) is 3. The third-order valence-electron chi connectivity index (χ3n) is 15.0. The summed E-state index contributed by atoms with van der Waals surface area (Å²) in [7, 11) is 0. The van der Waals surface area contributed by atoms with Gasteiger partial charge < -0.3 is 14.2 Å². The summed E-state index contributed by atoms with van der Waals surface area (Å²) in [6.45, 7) is 6.48. The van der Waals surface area contributed by atoms with Crippen molar-refractivity contribution in [1.82, 2.24) is 0 Å². The third-order valence-corrected chi connectivity index (χ3v) is 15.0. The molecule has 0 bridgehead atoms. The second-order valence-electron chi connectivity index (χ2n) is 23.1. The fraction of sp³-hybridized carbons (Fsp3) is 0.724. The predicted octanol–water partition coefficient (Wildman–Crippen LogP) is 24.2. The summed E-state index contributed by atoms with van der Waals surface area (Å²) >= 11 is 0. The molecular weight excluding hydrogens is 1010 g/mol. The Hall–Kier alpha value is -3.93. The molecule has 1 unspecified atom stereocenters. The zero-order valence-electron chi connectivity index (χ0n) is 54.0. The fourth-order valence-corrected chi connectivity index (χ4v) is 9.78. The van der Waals surface area contributed by atoms with Crippen LogP contribution in [0.4, 0.5) is 0 Å². The lowest BCUT2D eigenvalue weighted by atomic mass is 10.0. The normalized spacial score (nSPS) is 12.8. The molecule has 0 spiro atoms. The molecule has 0 saturated heterocycles. The molecule has 0 N–H and O–H groups in total. The molecule has 0 aromatic carbocycles. The fourth-order valence-electron chi connectivity index (χ4n) is 9.78. The minimum Gasteiger partial charge on any atom is -0.462 e. The van der Waals surface area contributed by atoms with E-state index in [1.54, 1.807) is 0 Å². The summed E-state index contributed by atoms with van der Waals surface area (Å²) < 4.78 is 16.9. The van der Waals surface area contributed by atoms with Crippen LogP contribution in [0.15, 0.2) is 109 Å². The second kappa shape index (κ2) is 69.6. The Morgan fingerprint density at radius 1 is 0.256 bits per heavy atom. The molecule has 0 fully saturated rings. The summed E-state index contributed by atoms with van der Waals surface area (Å²) in [4.78, 5) is 38.3. The van der Waals surface area contributed by atoms with Gasteiger partial charge in [0.2, 0.25) is 0 Å². The van der Waals surface area contributed by atoms with E-state index in [4.69, 9.17) is 14.2 Å². The van der Waals surface area contributed by atoms with Crippen molar-refractivity contribution in [3.63, 3.8) is 0 Å². The molecule has 0 aromatic heterocycles. The largest absolute Gasteiger partial charge is 0.462 e. The van der Waals surface area contributed by atoms with Crippen molar-refractivity contribution < 1.29 is 28.6 Å². The molecule has 0 aliphatic heterocycles. The van der Waals surface area contributed by atoms with E-state index in [-0.39, 0.29) is 37.5 Å². The monoisotopic (exact) mass is 1140 g/mol. The molecule has 0 radical (unpaired) electrons. The maximum Gasteiger partial charge on any atom is 0.306 e. The highest BCUT2D eigenvalue weighted by Crippen LogP contribution is 2.17. The van der Waals surface area contributed by atoms with Crippen LogP contribution >= 0.6 is 0 Å². The van der Waals surface area contributed by atoms with Crippen LogP contribution in [0.3, 0.4) is 0 Å². The van der Waals surface area contributed by atoms with Crippen LogP contribution in [0.5, 0.6) is 0 Å². The zero-order valence-corrected chi connectivity index (χ0v) is 54.0. The van der Waals surface area contributed by atoms with Crippen molar-refractivity contribution >= 4 is 17.9 Å². The van der Waals surface area contributed by atoms with Crippen LogP contribution < -0.4 is 0 Å². The van der Waals surface area contributed by atoms with Crippen molar-refractivity contribution in [2.75, 3.05) is 13.2 Å². The molecular formula is C76H130O6. The van der Waals surface area contributed by atoms with Gasteiger partial charge >= 0.3 is 17.9 Å². The first-order valence-corrected chi connectivity index (χ1v) is 34.9. The van der Waals surface area contributed by atoms with Gasteiger partial charge in [-0.05, 0) is 122 Å². The molecule has 0 aliphatic rings. The van der Waals surface area contributed by atoms with Crippen LogP contribution in [0.2, 0.25) is 0 Å². The smallest absolute Gasteiger partial charge is 0.306 e. The molecule has 1 atom stereocenters. The van der Waals surface area contributed by atoms with E-state index in [0.29, 0.717) is 19.3 Å². The van der Waals surface area contributed by atoms with Crippen molar-refractivity contribution in [3.8, 4) is 0 Å². The minimum atomic E-state index is -0.812. The number of carbonyl (C=O) groups is 3. The quantitative estimate of drug-likeness (QED) is 0.0261. The van der Waals surface area contributed by atoms with Crippen LogP contribution in [-0.2, 0) is 28.6 Å². The van der Waals surface area contributed by atoms with Crippen molar-refractivity contribution in [2.24, 2.45) is 0 Å². The van der Waals surface area contributed by atoms with E-state index in [9.17, 15) is 14.4 Å². The first-order valence-electron chi connectivity index (χ1n) is 34.9. The van der Waals surface area contributed by atoms with Gasteiger partial charge in [0, 0.05) is 19.3 Å². The molecule has 0 aromatic rings. The predicted molar refractivity (Wildman–Crippen MR) is 357 cm³/mol. The highest BCUT2D eigenvalue weighted by Gasteiger charge is 2.19. The standard InChI is InChI=1S/C76H130O6/c1-4-7-10-13-16-19-22-25-28-30-31-32-33-34-35-36-37-38-39-40-41-42-43-44-45-47-48-51-54-57-60-63-66-69-75(78)81-72-73(71-80-74(77)68-65-62-59-56-53-50-27-24-21-18-15-12-9-6-3)82-76(79)70-67-64-61-58-55-52-49-46-29-26-23-20-17-14-11-8-5-2/h8,11,17,20,22,24-27,29-31,33-34,49,52,58,61,73H,4-7,9-10,12-16,18-19,21,23,28,32,35-48,50-51,53-57,59-60,62-72H2,1-3H3/b11-8-,20-17-,25-22-,27-24-,29-26-,31-30-,34-33-,52-49-,61-58-. The van der Waals surface area contributed by atoms with E-state index in [1.165, 1.54) is 186 Å². The number of unbranched alkanes of at least 4 members (excludes halogenated alkanes) is 34. The Bertz CT molecular complexity index is 1640. The minimum absolute atomic E-state index is 0.102. The van der Waals surface area contributed by atoms with Gasteiger partial charge in [0.25, 0.3) is 0 Å². The SMILES string of the molecule is CC/C=C\C/C=C\C/C=C\C/C=C\C/C=C\CCCC(=O)OC(COC(=O)CCCCCCC/C=C\CCCCCCC)COC(=O)CCCCCCCCCCCCCCCCCCCC/C=C\C/C=C\C/C=C\CCCCCCC. The summed E-state index contributed by atoms with van der Waals surface area (Å²) in [5.74, 6) is -0.959. The third kappa shape index (κ3) is 66.9. The Morgan fingerprint density at radius 3 is 0.793 bits per heavy atom. The lowest BCUT2D eigenvalue weighted by molar-refractivity contribution is -0.167. The van der Waals surface area contributed by atoms with Gasteiger partial charge in [-0.2, -0.15) is 0 Å². The highest BCUT2D eigenvalue weighted by molar-refractivity contribution is 5.71. The first kappa shape index (κ1) is 78.1. The molecule has 6 heteroatoms. The Labute approximate surface area is 508 Å². The molecule has 0 heterocycles. The Kier molecular flexibility index (Phi) is 66.2. The Balaban J connectivity index is 4.23. The number of carbonyl (C=O) groups excluding carboxylic acids is 3. The van der Waals surface area contributed by atoms with Gasteiger partial charge in [-0.25, -0.2) is 0 Å². The number of hydrogen-bond donors (Lipinski definition) is 0. The van der Waals surface area contributed by atoms with Crippen molar-refractivity contribution in [2.45, 2.75) is 341 Å². The average molecular weight is 1140 g/mol. The van der Waals surface area contributed by atoms with Gasteiger partial charge in [0.1, 0.15) is 13.2 Å². The van der Waals surface area contributed by atoms with Crippen LogP contribution in [-0.4, -0.2) is 37.2 Å². The van der Waals surface area contributed by atoms with Crippen LogP contribution in [0.1, 0.15) is 335 Å². The Morgan fingerprint density at radius 2 is 0.488 bits per heavy atom. The summed E-state index contributed by atoms with van der Waals surface area (Å²) in [5.41, 5.74) is 0. The molecule has 0 saturated carbocycles. The molecule has 0 amide bonds. The van der Waals surface area contributed by atoms with E-state index >= 15 is 0 Å². The molecule has 470 valence electrons. The van der Waals surface area contributed by atoms with Crippen LogP contribution in [0.25, 0.3) is 0 Å². The summed E-state index contributed by atoms with van der Waals surface area (Å²) in [6.07, 6.45) is 95.6. The molecule has 0 rings (SSSR count). The lowest BCUT2D eigenvalue weighted by Gasteiger charge is -2.18. The molecule has 6 nitrogen and oxygen atoms in total. The summed E-state index contributed by atoms with van der Waals surface area (Å²) in [5, 5.41) is 0.